The predicted octanol–water partition coefficient (Wildman–Crippen LogP) is 1.60. The number of hydrogen-bond acceptors (Lipinski definition) is 1. The lowest BCUT2D eigenvalue weighted by molar-refractivity contribution is 0.521. The summed E-state index contributed by atoms with van der Waals surface area (Å²) < 4.78 is 0. The Morgan fingerprint density at radius 3 is 2.93 bits per heavy atom. The largest absolute Gasteiger partial charge is 0.359 e. The second kappa shape index (κ2) is 4.13. The molecule has 0 aliphatic heterocycles. The molecule has 0 aromatic rings. The third kappa shape index (κ3) is 1.98. The van der Waals surface area contributed by atoms with E-state index < -0.39 is 0 Å². The van der Waals surface area contributed by atoms with Crippen molar-refractivity contribution < 1.29 is 0 Å². The molecule has 2 nitrogen and oxygen atoms in total. The molecule has 2 aliphatic carbocycles. The lowest BCUT2D eigenvalue weighted by atomic mass is 10.0. The molecule has 1 saturated carbocycles. The van der Waals surface area contributed by atoms with Crippen LogP contribution in [0.5, 0.6) is 0 Å². The van der Waals surface area contributed by atoms with Crippen LogP contribution in [0.4, 0.5) is 0 Å². The Morgan fingerprint density at radius 1 is 1.50 bits per heavy atom. The van der Waals surface area contributed by atoms with E-state index in [2.05, 4.69) is 29.4 Å². The highest BCUT2D eigenvalue weighted by Crippen LogP contribution is 2.38. The van der Waals surface area contributed by atoms with Crippen molar-refractivity contribution in [3.8, 4) is 0 Å². The second-order valence-corrected chi connectivity index (χ2v) is 4.44. The average Bonchev–Trinajstić information content (AvgIpc) is 2.76. The molecule has 0 heterocycles. The van der Waals surface area contributed by atoms with Gasteiger partial charge in [0.05, 0.1) is 0 Å². The highest BCUT2D eigenvalue weighted by molar-refractivity contribution is 7.80. The summed E-state index contributed by atoms with van der Waals surface area (Å²) in [7, 11) is 0. The number of nitrogens with one attached hydrogen (secondary N) is 2. The molecule has 0 spiro atoms. The lowest BCUT2D eigenvalue weighted by Gasteiger charge is -2.21. The van der Waals surface area contributed by atoms with Crippen LogP contribution in [0.25, 0.3) is 0 Å². The van der Waals surface area contributed by atoms with E-state index in [4.69, 9.17) is 12.2 Å². The van der Waals surface area contributed by atoms with Crippen LogP contribution < -0.4 is 10.6 Å². The summed E-state index contributed by atoms with van der Waals surface area (Å²) in [6, 6.07) is 0.551. The summed E-state index contributed by atoms with van der Waals surface area (Å²) in [4.78, 5) is 0. The molecule has 0 aromatic heterocycles. The maximum Gasteiger partial charge on any atom is 0.166 e. The van der Waals surface area contributed by atoms with Crippen LogP contribution in [-0.4, -0.2) is 17.7 Å². The third-order valence-electron chi connectivity index (χ3n) is 3.00. The Morgan fingerprint density at radius 2 is 2.36 bits per heavy atom. The van der Waals surface area contributed by atoms with E-state index in [-0.39, 0.29) is 0 Å². The molecule has 2 rings (SSSR count). The normalized spacial score (nSPS) is 33.0. The topological polar surface area (TPSA) is 24.1 Å². The smallest absolute Gasteiger partial charge is 0.166 e. The third-order valence-corrected chi connectivity index (χ3v) is 3.26. The molecule has 3 heteroatoms. The molecular formula is C11H16N2S. The van der Waals surface area contributed by atoms with Crippen LogP contribution >= 0.6 is 12.2 Å². The summed E-state index contributed by atoms with van der Waals surface area (Å²) in [6.45, 7) is 4.38. The van der Waals surface area contributed by atoms with Crippen LogP contribution in [0.15, 0.2) is 24.8 Å². The van der Waals surface area contributed by atoms with Crippen molar-refractivity contribution >= 4 is 17.3 Å². The molecule has 3 unspecified atom stereocenters. The molecule has 0 radical (unpaired) electrons. The lowest BCUT2D eigenvalue weighted by Crippen LogP contribution is -2.43. The fourth-order valence-electron chi connectivity index (χ4n) is 2.33. The van der Waals surface area contributed by atoms with Gasteiger partial charge < -0.3 is 10.6 Å². The zero-order chi connectivity index (χ0) is 9.97. The number of fused-ring (bicyclic) bond motifs is 2. The molecule has 0 aromatic carbocycles. The quantitative estimate of drug-likeness (QED) is 0.544. The predicted molar refractivity (Wildman–Crippen MR) is 63.1 cm³/mol. The molecule has 76 valence electrons. The minimum Gasteiger partial charge on any atom is -0.359 e. The van der Waals surface area contributed by atoms with Crippen LogP contribution in [0, 0.1) is 11.8 Å². The van der Waals surface area contributed by atoms with Crippen LogP contribution in [0.2, 0.25) is 0 Å². The minimum absolute atomic E-state index is 0.551. The van der Waals surface area contributed by atoms with Gasteiger partial charge in [0, 0.05) is 12.6 Å². The minimum atomic E-state index is 0.551. The van der Waals surface area contributed by atoms with Crippen molar-refractivity contribution in [2.45, 2.75) is 18.9 Å². The fourth-order valence-corrected chi connectivity index (χ4v) is 2.57. The summed E-state index contributed by atoms with van der Waals surface area (Å²) in [6.07, 6.45) is 9.01. The van der Waals surface area contributed by atoms with Gasteiger partial charge in [-0.2, -0.15) is 0 Å². The first-order valence-corrected chi connectivity index (χ1v) is 5.54. The van der Waals surface area contributed by atoms with E-state index in [1.807, 2.05) is 6.08 Å². The van der Waals surface area contributed by atoms with Gasteiger partial charge in [0.25, 0.3) is 0 Å². The number of hydrogen-bond donors (Lipinski definition) is 2. The monoisotopic (exact) mass is 208 g/mol. The summed E-state index contributed by atoms with van der Waals surface area (Å²) in [5.41, 5.74) is 0. The highest BCUT2D eigenvalue weighted by Gasteiger charge is 2.35. The van der Waals surface area contributed by atoms with E-state index in [0.717, 1.165) is 17.6 Å². The van der Waals surface area contributed by atoms with Gasteiger partial charge in [-0.1, -0.05) is 18.2 Å². The van der Waals surface area contributed by atoms with E-state index in [1.54, 1.807) is 0 Å². The van der Waals surface area contributed by atoms with Gasteiger partial charge in [-0.25, -0.2) is 0 Å². The highest BCUT2D eigenvalue weighted by atomic mass is 32.1. The van der Waals surface area contributed by atoms with Crippen LogP contribution in [-0.2, 0) is 0 Å². The van der Waals surface area contributed by atoms with E-state index in [0.29, 0.717) is 12.0 Å². The van der Waals surface area contributed by atoms with Crippen LogP contribution in [0.3, 0.4) is 0 Å². The Labute approximate surface area is 90.5 Å². The standard InChI is InChI=1S/C11H16N2S/c1-2-5-12-11(14)13-10-7-8-3-4-9(10)6-8/h2-4,8-10H,1,5-7H2,(H2,12,13,14). The number of allylic oxidation sites excluding steroid dienone is 1. The molecule has 0 saturated heterocycles. The van der Waals surface area contributed by atoms with Gasteiger partial charge in [-0.15, -0.1) is 6.58 Å². The zero-order valence-electron chi connectivity index (χ0n) is 8.20. The maximum atomic E-state index is 5.18. The number of rotatable bonds is 3. The fraction of sp³-hybridized carbons (Fsp3) is 0.545. The molecule has 3 atom stereocenters. The van der Waals surface area contributed by atoms with E-state index in [1.165, 1.54) is 12.8 Å². The van der Waals surface area contributed by atoms with Crippen LogP contribution in [0.1, 0.15) is 12.8 Å². The van der Waals surface area contributed by atoms with Crippen molar-refractivity contribution in [1.82, 2.24) is 10.6 Å². The first-order valence-electron chi connectivity index (χ1n) is 5.13. The Hall–Kier alpha value is -0.830. The molecule has 2 aliphatic rings. The number of thiocarbonyl (C=S) groups is 1. The molecule has 14 heavy (non-hydrogen) atoms. The molecule has 2 bridgehead atoms. The van der Waals surface area contributed by atoms with Gasteiger partial charge in [0.2, 0.25) is 0 Å². The Bertz CT molecular complexity index is 272. The van der Waals surface area contributed by atoms with Gasteiger partial charge in [-0.3, -0.25) is 0 Å². The average molecular weight is 208 g/mol. The maximum absolute atomic E-state index is 5.18. The molecule has 0 amide bonds. The van der Waals surface area contributed by atoms with Gasteiger partial charge in [0.1, 0.15) is 0 Å². The van der Waals surface area contributed by atoms with Crippen molar-refractivity contribution in [2.75, 3.05) is 6.54 Å². The van der Waals surface area contributed by atoms with Gasteiger partial charge in [0.15, 0.2) is 5.11 Å². The van der Waals surface area contributed by atoms with Crippen molar-refractivity contribution in [3.63, 3.8) is 0 Å². The summed E-state index contributed by atoms with van der Waals surface area (Å²) in [5.74, 6) is 1.49. The van der Waals surface area contributed by atoms with Crippen molar-refractivity contribution in [3.05, 3.63) is 24.8 Å². The zero-order valence-corrected chi connectivity index (χ0v) is 9.02. The van der Waals surface area contributed by atoms with E-state index in [9.17, 15) is 0 Å². The summed E-state index contributed by atoms with van der Waals surface area (Å²) >= 11 is 5.18. The SMILES string of the molecule is C=CCNC(=S)NC1CC2C=CC1C2. The van der Waals surface area contributed by atoms with Crippen molar-refractivity contribution in [1.29, 1.82) is 0 Å². The summed E-state index contributed by atoms with van der Waals surface area (Å²) in [5, 5.41) is 7.22. The van der Waals surface area contributed by atoms with Crippen molar-refractivity contribution in [2.24, 2.45) is 11.8 Å². The molecule has 1 fully saturated rings. The first kappa shape index (κ1) is 9.71. The first-order chi connectivity index (χ1) is 6.79. The Kier molecular flexibility index (Phi) is 2.87. The molecular weight excluding hydrogens is 192 g/mol. The van der Waals surface area contributed by atoms with Gasteiger partial charge in [-0.05, 0) is 36.9 Å². The Balaban J connectivity index is 1.78. The van der Waals surface area contributed by atoms with E-state index >= 15 is 0 Å². The van der Waals surface area contributed by atoms with Gasteiger partial charge >= 0.3 is 0 Å². The second-order valence-electron chi connectivity index (χ2n) is 4.03. The molecule has 2 N–H and O–H groups in total.